The van der Waals surface area contributed by atoms with Gasteiger partial charge in [0, 0.05) is 16.7 Å². The van der Waals surface area contributed by atoms with Crippen LogP contribution >= 0.6 is 0 Å². The van der Waals surface area contributed by atoms with Crippen LogP contribution in [0.1, 0.15) is 13.7 Å². The van der Waals surface area contributed by atoms with Gasteiger partial charge in [-0.1, -0.05) is 157 Å². The molecule has 0 amide bonds. The van der Waals surface area contributed by atoms with Gasteiger partial charge < -0.3 is 0 Å². The van der Waals surface area contributed by atoms with Crippen molar-refractivity contribution in [2.75, 3.05) is 0 Å². The first-order valence-corrected chi connectivity index (χ1v) is 15.4. The van der Waals surface area contributed by atoms with Gasteiger partial charge in [0.25, 0.3) is 0 Å². The lowest BCUT2D eigenvalue weighted by atomic mass is 9.93. The van der Waals surface area contributed by atoms with Crippen molar-refractivity contribution in [3.05, 3.63) is 176 Å². The van der Waals surface area contributed by atoms with E-state index in [2.05, 4.69) is 36.4 Å². The Morgan fingerprint density at radius 1 is 0.292 bits per heavy atom. The van der Waals surface area contributed by atoms with Gasteiger partial charge in [-0.2, -0.15) is 0 Å². The van der Waals surface area contributed by atoms with Crippen molar-refractivity contribution in [3.8, 4) is 56.4 Å². The molecule has 9 aromatic rings. The summed E-state index contributed by atoms with van der Waals surface area (Å²) in [6.07, 6.45) is 0. The number of rotatable bonds is 5. The van der Waals surface area contributed by atoms with Crippen molar-refractivity contribution in [2.45, 2.75) is 0 Å². The van der Waals surface area contributed by atoms with Gasteiger partial charge in [0.05, 0.1) is 13.7 Å². The number of aromatic nitrogens is 3. The third-order valence-electron chi connectivity index (χ3n) is 8.46. The average molecular weight is 622 g/mol. The summed E-state index contributed by atoms with van der Waals surface area (Å²) in [4.78, 5) is 14.8. The Hall–Kier alpha value is -6.45. The van der Waals surface area contributed by atoms with Crippen LogP contribution < -0.4 is 0 Å². The van der Waals surface area contributed by atoms with E-state index in [-0.39, 0.29) is 46.9 Å². The van der Waals surface area contributed by atoms with Gasteiger partial charge in [-0.05, 0) is 72.8 Å². The molecule has 224 valence electrons. The van der Waals surface area contributed by atoms with Crippen LogP contribution in [0, 0.1) is 0 Å². The second-order valence-corrected chi connectivity index (χ2v) is 11.3. The SMILES string of the molecule is [2H]c1c([2H])c([2H])c(-c2cccc(-c3nc(-c4cccc(-c5c([2H])c([2H])c([2H])c([2H])c5[2H])c4)nc(-c4ccc5c6ccccc6c6ccccc6c5c4)n3)c2)c([2H])c1[2H]. The molecule has 0 saturated carbocycles. The topological polar surface area (TPSA) is 38.7 Å². The van der Waals surface area contributed by atoms with Crippen molar-refractivity contribution in [1.29, 1.82) is 0 Å². The maximum atomic E-state index is 8.60. The predicted molar refractivity (Wildman–Crippen MR) is 200 cm³/mol. The van der Waals surface area contributed by atoms with Gasteiger partial charge >= 0.3 is 0 Å². The summed E-state index contributed by atoms with van der Waals surface area (Å²) >= 11 is 0. The van der Waals surface area contributed by atoms with E-state index in [9.17, 15) is 0 Å². The Balaban J connectivity index is 1.28. The summed E-state index contributed by atoms with van der Waals surface area (Å²) in [5.41, 5.74) is 2.53. The molecule has 1 aromatic heterocycles. The van der Waals surface area contributed by atoms with Gasteiger partial charge in [-0.15, -0.1) is 0 Å². The highest BCUT2D eigenvalue weighted by atomic mass is 15.0. The zero-order valence-corrected chi connectivity index (χ0v) is 25.3. The number of fused-ring (bicyclic) bond motifs is 6. The minimum Gasteiger partial charge on any atom is -0.208 e. The lowest BCUT2D eigenvalue weighted by Gasteiger charge is -2.13. The smallest absolute Gasteiger partial charge is 0.164 e. The first-order chi connectivity index (χ1) is 27.9. The van der Waals surface area contributed by atoms with Gasteiger partial charge in [0.15, 0.2) is 17.5 Å². The highest BCUT2D eigenvalue weighted by molar-refractivity contribution is 6.25. The monoisotopic (exact) mass is 621 g/mol. The van der Waals surface area contributed by atoms with E-state index in [1.54, 1.807) is 48.5 Å². The van der Waals surface area contributed by atoms with Gasteiger partial charge in [0.1, 0.15) is 0 Å². The first-order valence-electron chi connectivity index (χ1n) is 20.4. The molecule has 9 rings (SSSR count). The van der Waals surface area contributed by atoms with E-state index in [0.717, 1.165) is 32.3 Å². The summed E-state index contributed by atoms with van der Waals surface area (Å²) in [6.45, 7) is 0. The summed E-state index contributed by atoms with van der Waals surface area (Å²) in [5.74, 6) is 0.817. The van der Waals surface area contributed by atoms with E-state index < -0.39 is 36.3 Å². The van der Waals surface area contributed by atoms with Crippen LogP contribution in [-0.4, -0.2) is 15.0 Å². The fourth-order valence-corrected chi connectivity index (χ4v) is 6.23. The lowest BCUT2D eigenvalue weighted by Crippen LogP contribution is -2.00. The van der Waals surface area contributed by atoms with E-state index in [0.29, 0.717) is 33.6 Å². The van der Waals surface area contributed by atoms with E-state index in [4.69, 9.17) is 28.7 Å². The van der Waals surface area contributed by atoms with Crippen LogP contribution in [0.4, 0.5) is 0 Å². The fourth-order valence-electron chi connectivity index (χ4n) is 6.23. The number of hydrogen-bond donors (Lipinski definition) is 0. The molecule has 0 aliphatic rings. The predicted octanol–water partition coefficient (Wildman–Crippen LogP) is 11.7. The van der Waals surface area contributed by atoms with Gasteiger partial charge in [-0.3, -0.25) is 0 Å². The number of benzene rings is 8. The van der Waals surface area contributed by atoms with Crippen molar-refractivity contribution >= 4 is 32.3 Å². The zero-order valence-electron chi connectivity index (χ0n) is 35.3. The normalized spacial score (nSPS) is 14.2. The average Bonchev–Trinajstić information content (AvgIpc) is 3.26. The third kappa shape index (κ3) is 4.99. The Morgan fingerprint density at radius 3 is 1.12 bits per heavy atom. The lowest BCUT2D eigenvalue weighted by molar-refractivity contribution is 1.07. The zero-order chi connectivity index (χ0) is 40.6. The molecule has 0 saturated heterocycles. The molecule has 0 atom stereocenters. The molecule has 1 heterocycles. The summed E-state index contributed by atoms with van der Waals surface area (Å²) in [6, 6.07) is 32.2. The van der Waals surface area contributed by atoms with Crippen LogP contribution in [0.15, 0.2) is 176 Å². The van der Waals surface area contributed by atoms with Crippen LogP contribution in [-0.2, 0) is 0 Å². The molecular formula is C45H29N3. The molecule has 0 radical (unpaired) electrons. The summed E-state index contributed by atoms with van der Waals surface area (Å²) in [5, 5.41) is 6.47. The highest BCUT2D eigenvalue weighted by Crippen LogP contribution is 2.37. The van der Waals surface area contributed by atoms with Gasteiger partial charge in [-0.25, -0.2) is 15.0 Å². The maximum Gasteiger partial charge on any atom is 0.164 e. The van der Waals surface area contributed by atoms with Crippen molar-refractivity contribution in [1.82, 2.24) is 15.0 Å². The van der Waals surface area contributed by atoms with Crippen molar-refractivity contribution < 1.29 is 13.7 Å². The standard InChI is InChI=1S/C45H29N3/c1-3-13-30(14-4-1)32-17-11-19-34(27-32)43-46-44(35-20-12-18-33(28-35)31-15-5-2-6-16-31)48-45(47-43)36-25-26-41-39-23-8-7-21-37(39)38-22-9-10-24-40(38)42(41)29-36/h1-29H/i1D,2D,3D,4D,5D,6D,13D,14D,15D,16D. The molecule has 0 aliphatic carbocycles. The van der Waals surface area contributed by atoms with Crippen LogP contribution in [0.3, 0.4) is 0 Å². The molecule has 0 bridgehead atoms. The first kappa shape index (κ1) is 19.3. The highest BCUT2D eigenvalue weighted by Gasteiger charge is 2.16. The second kappa shape index (κ2) is 11.7. The quantitative estimate of drug-likeness (QED) is 0.179. The largest absolute Gasteiger partial charge is 0.208 e. The van der Waals surface area contributed by atoms with Crippen LogP contribution in [0.2, 0.25) is 0 Å². The molecule has 0 fully saturated rings. The Morgan fingerprint density at radius 2 is 0.667 bits per heavy atom. The van der Waals surface area contributed by atoms with Crippen LogP contribution in [0.25, 0.3) is 88.7 Å². The number of hydrogen-bond acceptors (Lipinski definition) is 3. The maximum absolute atomic E-state index is 8.60. The molecule has 0 N–H and O–H groups in total. The Kier molecular flexibility index (Phi) is 4.71. The van der Waals surface area contributed by atoms with Crippen LogP contribution in [0.5, 0.6) is 0 Å². The minimum atomic E-state index is -0.483. The number of nitrogens with zero attached hydrogens (tertiary/aromatic N) is 3. The van der Waals surface area contributed by atoms with E-state index >= 15 is 0 Å². The fraction of sp³-hybridized carbons (Fsp3) is 0. The van der Waals surface area contributed by atoms with Gasteiger partial charge in [0.2, 0.25) is 0 Å². The molecule has 0 spiro atoms. The van der Waals surface area contributed by atoms with E-state index in [1.807, 2.05) is 30.3 Å². The molecule has 48 heavy (non-hydrogen) atoms. The minimum absolute atomic E-state index is 0.0438. The third-order valence-corrected chi connectivity index (χ3v) is 8.46. The van der Waals surface area contributed by atoms with Crippen molar-refractivity contribution in [2.24, 2.45) is 0 Å². The molecule has 0 aliphatic heterocycles. The molecular weight excluding hydrogens is 583 g/mol. The van der Waals surface area contributed by atoms with E-state index in [1.165, 1.54) is 0 Å². The van der Waals surface area contributed by atoms with Crippen molar-refractivity contribution in [3.63, 3.8) is 0 Å². The Bertz CT molecular complexity index is 2980. The molecule has 0 unspecified atom stereocenters. The molecule has 3 heteroatoms. The summed E-state index contributed by atoms with van der Waals surface area (Å²) in [7, 11) is 0. The summed E-state index contributed by atoms with van der Waals surface area (Å²) < 4.78 is 83.5. The Labute approximate surface area is 292 Å². The second-order valence-electron chi connectivity index (χ2n) is 11.3. The molecule has 8 aromatic carbocycles. The molecule has 3 nitrogen and oxygen atoms in total.